The zero-order valence-electron chi connectivity index (χ0n) is 52.5. The van der Waals surface area contributed by atoms with Crippen LogP contribution < -0.4 is 21.3 Å². The van der Waals surface area contributed by atoms with Crippen molar-refractivity contribution in [3.63, 3.8) is 0 Å². The lowest BCUT2D eigenvalue weighted by Crippen LogP contribution is -2.60. The van der Waals surface area contributed by atoms with Crippen LogP contribution in [-0.4, -0.2) is 20.4 Å². The number of aromatic nitrogens is 3. The summed E-state index contributed by atoms with van der Waals surface area (Å²) in [7, 11) is 4.39. The molecule has 2 aliphatic heterocycles. The Labute approximate surface area is 529 Å². The molecule has 17 aromatic rings. The fraction of sp³-hybridized carbons (Fsp3) is 0.116. The van der Waals surface area contributed by atoms with Crippen LogP contribution >= 0.6 is 0 Å². The van der Waals surface area contributed by atoms with Gasteiger partial charge in [-0.1, -0.05) is 230 Å². The minimum atomic E-state index is -0.148. The van der Waals surface area contributed by atoms with Gasteiger partial charge in [0.1, 0.15) is 0 Å². The van der Waals surface area contributed by atoms with E-state index in [4.69, 9.17) is 0 Å². The lowest BCUT2D eigenvalue weighted by Gasteiger charge is -2.41. The normalized spacial score (nSPS) is 13.2. The van der Waals surface area contributed by atoms with Crippen molar-refractivity contribution in [3.05, 3.63) is 260 Å². The third kappa shape index (κ3) is 7.18. The van der Waals surface area contributed by atoms with E-state index in [1.54, 1.807) is 0 Å². The van der Waals surface area contributed by atoms with Crippen LogP contribution in [-0.2, 0) is 24.9 Å². The van der Waals surface area contributed by atoms with Crippen LogP contribution in [0.1, 0.15) is 52.7 Å². The topological polar surface area (TPSA) is 18.0 Å². The number of aryl methyl sites for hydroxylation is 2. The number of nitrogens with zero attached hydrogens (tertiary/aromatic N) is 4. The summed E-state index contributed by atoms with van der Waals surface area (Å²) < 4.78 is 7.36. The molecular weight excluding hydrogens is 1100 g/mol. The predicted octanol–water partition coefficient (Wildman–Crippen LogP) is 20.9. The molecule has 4 nitrogen and oxygen atoms in total. The minimum Gasteiger partial charge on any atom is -0.350 e. The van der Waals surface area contributed by atoms with Gasteiger partial charge in [-0.15, -0.1) is 0 Å². The molecule has 0 amide bonds. The third-order valence-electron chi connectivity index (χ3n) is 21.0. The predicted molar refractivity (Wildman–Crippen MR) is 392 cm³/mol. The molecule has 3 aromatic heterocycles. The molecule has 0 aliphatic carbocycles. The summed E-state index contributed by atoms with van der Waals surface area (Å²) in [6, 6.07) is 91.4. The first-order chi connectivity index (χ1) is 44.3. The molecule has 91 heavy (non-hydrogen) atoms. The molecule has 5 heteroatoms. The molecule has 0 radical (unpaired) electrons. The van der Waals surface area contributed by atoms with Crippen molar-refractivity contribution in [1.82, 2.24) is 13.7 Å². The van der Waals surface area contributed by atoms with Gasteiger partial charge in [0.2, 0.25) is 0 Å². The SMILES string of the molecule is Cn1cc(-c2cccc(-c3cn(C)c4ccccc34)c2-c2cc3c4c(c2)-n2c5ccc6c7ccccc7c7ccccc7c6c5c5c6c7ccccc7c7ccccc7c6cc(c52)B4c2cc(C(C)(C)C)ccc2N3c2ccc(C(C)(C)C)cc2)c2ccccc21. The summed E-state index contributed by atoms with van der Waals surface area (Å²) >= 11 is 0. The molecule has 0 bridgehead atoms. The second-order valence-electron chi connectivity index (χ2n) is 28.1. The van der Waals surface area contributed by atoms with E-state index < -0.39 is 0 Å². The number of para-hydroxylation sites is 2. The van der Waals surface area contributed by atoms with E-state index in [0.717, 1.165) is 11.3 Å². The van der Waals surface area contributed by atoms with Crippen molar-refractivity contribution in [2.24, 2.45) is 14.1 Å². The maximum absolute atomic E-state index is 2.75. The Morgan fingerprint density at radius 3 is 1.33 bits per heavy atom. The first-order valence-electron chi connectivity index (χ1n) is 32.3. The summed E-state index contributed by atoms with van der Waals surface area (Å²) in [6.45, 7) is 13.9. The fourth-order valence-corrected chi connectivity index (χ4v) is 16.9. The van der Waals surface area contributed by atoms with E-state index in [2.05, 4.69) is 323 Å². The van der Waals surface area contributed by atoms with Crippen molar-refractivity contribution in [2.75, 3.05) is 4.90 Å². The van der Waals surface area contributed by atoms with Crippen LogP contribution in [0.4, 0.5) is 17.1 Å². The van der Waals surface area contributed by atoms with Gasteiger partial charge in [0, 0.05) is 104 Å². The summed E-state index contributed by atoms with van der Waals surface area (Å²) in [5.74, 6) is 0. The molecule has 0 spiro atoms. The Bertz CT molecular complexity index is 5940. The third-order valence-corrected chi connectivity index (χ3v) is 21.0. The molecule has 14 aromatic carbocycles. The van der Waals surface area contributed by atoms with E-state index >= 15 is 0 Å². The van der Waals surface area contributed by atoms with Crippen molar-refractivity contribution in [2.45, 2.75) is 52.4 Å². The number of rotatable bonds is 4. The van der Waals surface area contributed by atoms with Crippen molar-refractivity contribution in [1.29, 1.82) is 0 Å². The van der Waals surface area contributed by atoms with Crippen LogP contribution in [0.25, 0.3) is 147 Å². The van der Waals surface area contributed by atoms with Crippen LogP contribution in [0.2, 0.25) is 0 Å². The molecule has 19 rings (SSSR count). The molecule has 0 atom stereocenters. The van der Waals surface area contributed by atoms with Gasteiger partial charge in [-0.05, 0) is 163 Å². The van der Waals surface area contributed by atoms with Crippen LogP contribution in [0, 0.1) is 0 Å². The Balaban J connectivity index is 1.06. The second kappa shape index (κ2) is 18.5. The van der Waals surface area contributed by atoms with Gasteiger partial charge in [-0.25, -0.2) is 0 Å². The van der Waals surface area contributed by atoms with E-state index in [1.807, 2.05) is 0 Å². The quantitative estimate of drug-likeness (QED) is 0.127. The Kier molecular flexibility index (Phi) is 10.6. The van der Waals surface area contributed by atoms with Crippen molar-refractivity contribution in [3.8, 4) is 39.1 Å². The first-order valence-corrected chi connectivity index (χ1v) is 32.3. The average Bonchev–Trinajstić information content (AvgIpc) is 1.60. The van der Waals surface area contributed by atoms with Gasteiger partial charge in [0.05, 0.1) is 11.0 Å². The molecule has 0 unspecified atom stereocenters. The fourth-order valence-electron chi connectivity index (χ4n) is 16.9. The van der Waals surface area contributed by atoms with Crippen molar-refractivity contribution < 1.29 is 0 Å². The summed E-state index contributed by atoms with van der Waals surface area (Å²) in [5.41, 5.74) is 23.3. The molecular formula is C86H65BN4. The van der Waals surface area contributed by atoms with Crippen LogP contribution in [0.3, 0.4) is 0 Å². The maximum atomic E-state index is 2.75. The Morgan fingerprint density at radius 1 is 0.319 bits per heavy atom. The van der Waals surface area contributed by atoms with Gasteiger partial charge in [0.15, 0.2) is 0 Å². The van der Waals surface area contributed by atoms with Gasteiger partial charge in [-0.3, -0.25) is 0 Å². The summed E-state index contributed by atoms with van der Waals surface area (Å²) in [4.78, 5) is 2.64. The van der Waals surface area contributed by atoms with Crippen molar-refractivity contribution >= 4 is 148 Å². The molecule has 0 fully saturated rings. The molecule has 0 saturated heterocycles. The second-order valence-corrected chi connectivity index (χ2v) is 28.1. The summed E-state index contributed by atoms with van der Waals surface area (Å²) in [6.07, 6.45) is 4.72. The smallest absolute Gasteiger partial charge is 0.252 e. The highest BCUT2D eigenvalue weighted by Gasteiger charge is 2.44. The largest absolute Gasteiger partial charge is 0.350 e. The van der Waals surface area contributed by atoms with E-state index in [1.165, 1.54) is 181 Å². The molecule has 2 aliphatic rings. The number of hydrogen-bond acceptors (Lipinski definition) is 1. The Hall–Kier alpha value is -10.6. The summed E-state index contributed by atoms with van der Waals surface area (Å²) in [5, 5.41) is 20.4. The van der Waals surface area contributed by atoms with Gasteiger partial charge >= 0.3 is 0 Å². The lowest BCUT2D eigenvalue weighted by molar-refractivity contribution is 0.590. The van der Waals surface area contributed by atoms with Crippen LogP contribution in [0.15, 0.2) is 249 Å². The monoisotopic (exact) mass is 1160 g/mol. The minimum absolute atomic E-state index is 0.0297. The standard InChI is InChI=1S/C86H65BN4/c1-85(2,3)51-36-39-53(40-37-51)90-74-42-38-52(86(4,5)6)46-70(74)87-71-47-67-59-27-12-10-23-55(59)57-25-14-16-31-63(57)80(67)82-81-75(43-41-66-58-26-11-9-22-54(58)56-24-13-15-30-62(56)79(66)81)91(84(71)82)77-45-50(44-76(90)83(77)87)78-64(68-48-88(7)72-34-19-17-28-60(68)72)32-21-33-65(78)69-49-89(8)73-35-20-18-29-61(69)73/h9-49H,1-8H3. The highest BCUT2D eigenvalue weighted by molar-refractivity contribution is 7.00. The zero-order valence-corrected chi connectivity index (χ0v) is 52.5. The van der Waals surface area contributed by atoms with E-state index in [0.29, 0.717) is 0 Å². The number of fused-ring (bicyclic) bond motifs is 23. The maximum Gasteiger partial charge on any atom is 0.252 e. The number of benzene rings is 14. The van der Waals surface area contributed by atoms with Crippen LogP contribution in [0.5, 0.6) is 0 Å². The molecule has 0 saturated carbocycles. The molecule has 432 valence electrons. The number of hydrogen-bond donors (Lipinski definition) is 0. The van der Waals surface area contributed by atoms with Gasteiger partial charge in [-0.2, -0.15) is 0 Å². The highest BCUT2D eigenvalue weighted by Crippen LogP contribution is 2.53. The average molecular weight is 1170 g/mol. The first kappa shape index (κ1) is 52.3. The highest BCUT2D eigenvalue weighted by atomic mass is 15.2. The number of anilines is 3. The zero-order chi connectivity index (χ0) is 61.1. The van der Waals surface area contributed by atoms with E-state index in [-0.39, 0.29) is 17.5 Å². The Morgan fingerprint density at radius 2 is 0.780 bits per heavy atom. The lowest BCUT2D eigenvalue weighted by atomic mass is 9.33. The molecule has 0 N–H and O–H groups in total. The van der Waals surface area contributed by atoms with E-state index in [9.17, 15) is 0 Å². The van der Waals surface area contributed by atoms with Gasteiger partial charge in [0.25, 0.3) is 6.71 Å². The molecule has 5 heterocycles. The van der Waals surface area contributed by atoms with Gasteiger partial charge < -0.3 is 18.6 Å².